The van der Waals surface area contributed by atoms with Gasteiger partial charge in [0.25, 0.3) is 5.91 Å². The summed E-state index contributed by atoms with van der Waals surface area (Å²) in [7, 11) is 0. The maximum atomic E-state index is 12.3. The van der Waals surface area contributed by atoms with Gasteiger partial charge in [0.15, 0.2) is 12.4 Å². The molecule has 0 N–H and O–H groups in total. The minimum Gasteiger partial charge on any atom is -0.456 e. The van der Waals surface area contributed by atoms with Gasteiger partial charge in [-0.3, -0.25) is 19.3 Å². The van der Waals surface area contributed by atoms with Crippen molar-refractivity contribution in [2.75, 3.05) is 32.8 Å². The minimum atomic E-state index is -0.511. The van der Waals surface area contributed by atoms with Gasteiger partial charge in [-0.15, -0.1) is 11.3 Å². The van der Waals surface area contributed by atoms with E-state index < -0.39 is 5.97 Å². The molecule has 1 aliphatic rings. The van der Waals surface area contributed by atoms with Gasteiger partial charge in [0, 0.05) is 44.0 Å². The average Bonchev–Trinajstić information content (AvgIpc) is 3.17. The summed E-state index contributed by atoms with van der Waals surface area (Å²) < 4.78 is 5.09. The number of piperazine rings is 1. The smallest absolute Gasteiger partial charge is 0.306 e. The molecule has 1 saturated heterocycles. The molecule has 0 unspecified atom stereocenters. The van der Waals surface area contributed by atoms with Crippen molar-refractivity contribution in [2.24, 2.45) is 0 Å². The lowest BCUT2D eigenvalue weighted by Gasteiger charge is -2.34. The Morgan fingerprint density at radius 1 is 1.00 bits per heavy atom. The third-order valence-corrected chi connectivity index (χ3v) is 6.18. The second-order valence-electron chi connectivity index (χ2n) is 7.64. The molecular weight excluding hydrogens is 400 g/mol. The van der Waals surface area contributed by atoms with Crippen LogP contribution in [0.3, 0.4) is 0 Å². The SMILES string of the molecule is Cc1cccc(CN2CCN(C(=O)COC(=O)CCC(=O)c3ccc(C)s3)CC2)c1. The van der Waals surface area contributed by atoms with Crippen molar-refractivity contribution < 1.29 is 19.1 Å². The largest absolute Gasteiger partial charge is 0.456 e. The number of carbonyl (C=O) groups excluding carboxylic acids is 3. The first-order valence-corrected chi connectivity index (χ1v) is 11.0. The minimum absolute atomic E-state index is 0.00662. The summed E-state index contributed by atoms with van der Waals surface area (Å²) in [4.78, 5) is 42.1. The maximum absolute atomic E-state index is 12.3. The molecule has 160 valence electrons. The van der Waals surface area contributed by atoms with E-state index in [9.17, 15) is 14.4 Å². The fraction of sp³-hybridized carbons (Fsp3) is 0.435. The molecule has 0 radical (unpaired) electrons. The first-order valence-electron chi connectivity index (χ1n) is 10.2. The van der Waals surface area contributed by atoms with Crippen molar-refractivity contribution in [1.29, 1.82) is 0 Å². The number of Topliss-reactive ketones (excluding diaryl/α,β-unsaturated/α-hetero) is 1. The van der Waals surface area contributed by atoms with Gasteiger partial charge in [-0.2, -0.15) is 0 Å². The van der Waals surface area contributed by atoms with E-state index in [1.54, 1.807) is 11.0 Å². The molecule has 0 aliphatic carbocycles. The van der Waals surface area contributed by atoms with Crippen molar-refractivity contribution in [2.45, 2.75) is 33.2 Å². The molecule has 0 bridgehead atoms. The van der Waals surface area contributed by atoms with E-state index in [1.807, 2.05) is 13.0 Å². The number of benzene rings is 1. The predicted molar refractivity (Wildman–Crippen MR) is 117 cm³/mol. The molecule has 0 spiro atoms. The van der Waals surface area contributed by atoms with Gasteiger partial charge < -0.3 is 9.64 Å². The van der Waals surface area contributed by atoms with Crippen molar-refractivity contribution in [1.82, 2.24) is 9.80 Å². The molecule has 2 aromatic rings. The Labute approximate surface area is 181 Å². The highest BCUT2D eigenvalue weighted by molar-refractivity contribution is 7.14. The predicted octanol–water partition coefficient (Wildman–Crippen LogP) is 3.22. The molecule has 1 fully saturated rings. The molecule has 1 aromatic carbocycles. The van der Waals surface area contributed by atoms with Crippen LogP contribution < -0.4 is 0 Å². The van der Waals surface area contributed by atoms with Crippen LogP contribution in [0.2, 0.25) is 0 Å². The Hall–Kier alpha value is -2.51. The summed E-state index contributed by atoms with van der Waals surface area (Å²) in [6, 6.07) is 12.1. The zero-order valence-electron chi connectivity index (χ0n) is 17.6. The fourth-order valence-electron chi connectivity index (χ4n) is 3.45. The van der Waals surface area contributed by atoms with E-state index in [0.717, 1.165) is 24.5 Å². The van der Waals surface area contributed by atoms with Crippen LogP contribution in [0.25, 0.3) is 0 Å². The highest BCUT2D eigenvalue weighted by atomic mass is 32.1. The molecule has 6 nitrogen and oxygen atoms in total. The molecule has 7 heteroatoms. The van der Waals surface area contributed by atoms with Crippen LogP contribution in [0.1, 0.15) is 38.5 Å². The summed E-state index contributed by atoms with van der Waals surface area (Å²) in [6.45, 7) is 7.46. The molecular formula is C23H28N2O4S. The lowest BCUT2D eigenvalue weighted by Crippen LogP contribution is -2.49. The van der Waals surface area contributed by atoms with E-state index >= 15 is 0 Å². The Balaban J connectivity index is 1.34. The highest BCUT2D eigenvalue weighted by Gasteiger charge is 2.22. The quantitative estimate of drug-likeness (QED) is 0.477. The number of carbonyl (C=O) groups is 3. The molecule has 2 heterocycles. The Morgan fingerprint density at radius 3 is 2.43 bits per heavy atom. The Kier molecular flexibility index (Phi) is 7.76. The van der Waals surface area contributed by atoms with Gasteiger partial charge in [-0.1, -0.05) is 29.8 Å². The van der Waals surface area contributed by atoms with Crippen LogP contribution in [0.5, 0.6) is 0 Å². The zero-order valence-corrected chi connectivity index (χ0v) is 18.4. The molecule has 0 saturated carbocycles. The van der Waals surface area contributed by atoms with Crippen molar-refractivity contribution in [3.05, 3.63) is 57.3 Å². The molecule has 0 atom stereocenters. The summed E-state index contributed by atoms with van der Waals surface area (Å²) >= 11 is 1.42. The number of nitrogens with zero attached hydrogens (tertiary/aromatic N) is 2. The Morgan fingerprint density at radius 2 is 1.77 bits per heavy atom. The number of hydrogen-bond acceptors (Lipinski definition) is 6. The first-order chi connectivity index (χ1) is 14.4. The molecule has 1 aliphatic heterocycles. The van der Waals surface area contributed by atoms with Crippen molar-refractivity contribution in [3.63, 3.8) is 0 Å². The zero-order chi connectivity index (χ0) is 21.5. The summed E-state index contributed by atoms with van der Waals surface area (Å²) in [5, 5.41) is 0. The number of hydrogen-bond donors (Lipinski definition) is 0. The van der Waals surface area contributed by atoms with Crippen LogP contribution >= 0.6 is 11.3 Å². The first kappa shape index (κ1) is 22.2. The van der Waals surface area contributed by atoms with Gasteiger partial charge in [0.05, 0.1) is 11.3 Å². The van der Waals surface area contributed by atoms with E-state index in [4.69, 9.17) is 4.74 Å². The molecule has 30 heavy (non-hydrogen) atoms. The van der Waals surface area contributed by atoms with Crippen molar-refractivity contribution in [3.8, 4) is 0 Å². The molecule has 1 amide bonds. The van der Waals surface area contributed by atoms with Crippen LogP contribution in [0.15, 0.2) is 36.4 Å². The summed E-state index contributed by atoms with van der Waals surface area (Å²) in [5.74, 6) is -0.761. The lowest BCUT2D eigenvalue weighted by molar-refractivity contribution is -0.152. The molecule has 1 aromatic heterocycles. The fourth-order valence-corrected chi connectivity index (χ4v) is 4.29. The van der Waals surface area contributed by atoms with Crippen LogP contribution in [0.4, 0.5) is 0 Å². The number of aryl methyl sites for hydroxylation is 2. The van der Waals surface area contributed by atoms with E-state index in [1.165, 1.54) is 22.5 Å². The number of amides is 1. The van der Waals surface area contributed by atoms with E-state index in [2.05, 4.69) is 36.1 Å². The number of thiophene rings is 1. The normalized spacial score (nSPS) is 14.5. The third-order valence-electron chi connectivity index (χ3n) is 5.14. The van der Waals surface area contributed by atoms with Gasteiger partial charge in [-0.05, 0) is 31.5 Å². The maximum Gasteiger partial charge on any atom is 0.306 e. The van der Waals surface area contributed by atoms with E-state index in [0.29, 0.717) is 18.0 Å². The Bertz CT molecular complexity index is 900. The van der Waals surface area contributed by atoms with Gasteiger partial charge in [0.2, 0.25) is 0 Å². The van der Waals surface area contributed by atoms with Crippen LogP contribution in [-0.2, 0) is 20.9 Å². The third kappa shape index (κ3) is 6.50. The van der Waals surface area contributed by atoms with Gasteiger partial charge in [0.1, 0.15) is 0 Å². The van der Waals surface area contributed by atoms with Crippen LogP contribution in [-0.4, -0.2) is 60.2 Å². The monoisotopic (exact) mass is 428 g/mol. The second-order valence-corrected chi connectivity index (χ2v) is 8.93. The van der Waals surface area contributed by atoms with E-state index in [-0.39, 0.29) is 31.1 Å². The topological polar surface area (TPSA) is 66.9 Å². The second kappa shape index (κ2) is 10.5. The number of ketones is 1. The highest BCUT2D eigenvalue weighted by Crippen LogP contribution is 2.17. The standard InChI is InChI=1S/C23H28N2O4S/c1-17-4-3-5-19(14-17)15-24-10-12-25(13-11-24)22(27)16-29-23(28)9-7-20(26)21-8-6-18(2)30-21/h3-6,8,14H,7,9-13,15-16H2,1-2H3. The molecule has 3 rings (SSSR count). The number of esters is 1. The summed E-state index contributed by atoms with van der Waals surface area (Å²) in [6.07, 6.45) is 0.0952. The lowest BCUT2D eigenvalue weighted by atomic mass is 10.1. The average molecular weight is 429 g/mol. The summed E-state index contributed by atoms with van der Waals surface area (Å²) in [5.41, 5.74) is 2.52. The van der Waals surface area contributed by atoms with Crippen LogP contribution in [0, 0.1) is 13.8 Å². The number of rotatable bonds is 8. The van der Waals surface area contributed by atoms with Gasteiger partial charge >= 0.3 is 5.97 Å². The van der Waals surface area contributed by atoms with Gasteiger partial charge in [-0.25, -0.2) is 0 Å². The number of ether oxygens (including phenoxy) is 1. The van der Waals surface area contributed by atoms with Crippen molar-refractivity contribution >= 4 is 29.0 Å².